The second kappa shape index (κ2) is 7.36. The van der Waals surface area contributed by atoms with Crippen LogP contribution in [0.1, 0.15) is 17.2 Å². The van der Waals surface area contributed by atoms with Crippen molar-refractivity contribution in [2.75, 3.05) is 7.11 Å². The molecule has 3 rings (SSSR count). The summed E-state index contributed by atoms with van der Waals surface area (Å²) in [7, 11) is 1.62. The molecule has 0 saturated carbocycles. The minimum atomic E-state index is -0.263. The highest BCUT2D eigenvalue weighted by molar-refractivity contribution is 5.76. The van der Waals surface area contributed by atoms with E-state index in [0.29, 0.717) is 0 Å². The number of hydrogen-bond acceptors (Lipinski definition) is 5. The second-order valence-electron chi connectivity index (χ2n) is 5.19. The molecule has 122 valence electrons. The quantitative estimate of drug-likeness (QED) is 0.745. The molecule has 3 aromatic rings. The summed E-state index contributed by atoms with van der Waals surface area (Å²) in [6.45, 7) is 0.0620. The van der Waals surface area contributed by atoms with Gasteiger partial charge in [0.15, 0.2) is 0 Å². The number of amides is 1. The Hall–Kier alpha value is -3.22. The molecular formula is C17H17N5O2. The molecule has 2 aromatic carbocycles. The number of tetrazole rings is 1. The van der Waals surface area contributed by atoms with E-state index >= 15 is 0 Å². The van der Waals surface area contributed by atoms with Crippen molar-refractivity contribution in [1.82, 2.24) is 25.5 Å². The Morgan fingerprint density at radius 1 is 1.12 bits per heavy atom. The highest BCUT2D eigenvalue weighted by Crippen LogP contribution is 2.24. The lowest BCUT2D eigenvalue weighted by atomic mass is 9.98. The van der Waals surface area contributed by atoms with Gasteiger partial charge in [-0.05, 0) is 33.7 Å². The topological polar surface area (TPSA) is 81.9 Å². The van der Waals surface area contributed by atoms with E-state index in [9.17, 15) is 4.79 Å². The van der Waals surface area contributed by atoms with Crippen LogP contribution in [0.3, 0.4) is 0 Å². The van der Waals surface area contributed by atoms with Crippen LogP contribution in [0.5, 0.6) is 5.75 Å². The molecule has 0 fully saturated rings. The first-order valence-electron chi connectivity index (χ1n) is 7.45. The molecule has 0 saturated heterocycles. The maximum atomic E-state index is 12.3. The predicted molar refractivity (Wildman–Crippen MR) is 87.2 cm³/mol. The zero-order valence-electron chi connectivity index (χ0n) is 13.2. The number of nitrogens with one attached hydrogen (secondary N) is 1. The molecule has 1 aromatic heterocycles. The standard InChI is InChI=1S/C17H17N5O2/c1-24-15-9-7-14(8-10-15)17(13-5-3-2-4-6-13)19-16(23)11-22-12-18-20-21-22/h2-10,12,17H,11H2,1H3,(H,19,23). The Kier molecular flexibility index (Phi) is 4.81. The zero-order valence-corrected chi connectivity index (χ0v) is 13.2. The highest BCUT2D eigenvalue weighted by atomic mass is 16.5. The highest BCUT2D eigenvalue weighted by Gasteiger charge is 2.17. The van der Waals surface area contributed by atoms with Crippen LogP contribution in [0.4, 0.5) is 0 Å². The fourth-order valence-electron chi connectivity index (χ4n) is 2.41. The SMILES string of the molecule is COc1ccc(C(NC(=O)Cn2cnnn2)c2ccccc2)cc1. The van der Waals surface area contributed by atoms with Crippen molar-refractivity contribution < 1.29 is 9.53 Å². The molecule has 1 N–H and O–H groups in total. The normalized spacial score (nSPS) is 11.7. The summed E-state index contributed by atoms with van der Waals surface area (Å²) < 4.78 is 6.57. The smallest absolute Gasteiger partial charge is 0.242 e. The van der Waals surface area contributed by atoms with Gasteiger partial charge in [0.05, 0.1) is 13.2 Å². The van der Waals surface area contributed by atoms with E-state index in [-0.39, 0.29) is 18.5 Å². The number of nitrogens with zero attached hydrogens (tertiary/aromatic N) is 4. The van der Waals surface area contributed by atoms with E-state index in [0.717, 1.165) is 16.9 Å². The Bertz CT molecular complexity index is 773. The van der Waals surface area contributed by atoms with Gasteiger partial charge in [-0.1, -0.05) is 42.5 Å². The average Bonchev–Trinajstić information content (AvgIpc) is 3.13. The van der Waals surface area contributed by atoms with E-state index < -0.39 is 0 Å². The van der Waals surface area contributed by atoms with Gasteiger partial charge in [-0.2, -0.15) is 0 Å². The molecule has 0 aliphatic rings. The minimum Gasteiger partial charge on any atom is -0.497 e. The maximum Gasteiger partial charge on any atom is 0.242 e. The lowest BCUT2D eigenvalue weighted by molar-refractivity contribution is -0.122. The van der Waals surface area contributed by atoms with Gasteiger partial charge in [-0.15, -0.1) is 5.10 Å². The third kappa shape index (κ3) is 3.75. The Morgan fingerprint density at radius 2 is 1.83 bits per heavy atom. The van der Waals surface area contributed by atoms with Crippen molar-refractivity contribution in [2.24, 2.45) is 0 Å². The summed E-state index contributed by atoms with van der Waals surface area (Å²) in [5, 5.41) is 13.8. The van der Waals surface area contributed by atoms with E-state index in [1.807, 2.05) is 54.6 Å². The first-order valence-corrected chi connectivity index (χ1v) is 7.45. The third-order valence-corrected chi connectivity index (χ3v) is 3.58. The number of ether oxygens (including phenoxy) is 1. The number of benzene rings is 2. The first-order chi connectivity index (χ1) is 11.8. The summed E-state index contributed by atoms with van der Waals surface area (Å²) >= 11 is 0. The van der Waals surface area contributed by atoms with Crippen LogP contribution in [0.15, 0.2) is 60.9 Å². The van der Waals surface area contributed by atoms with E-state index in [1.54, 1.807) is 7.11 Å². The minimum absolute atomic E-state index is 0.0620. The first kappa shape index (κ1) is 15.7. The van der Waals surface area contributed by atoms with Gasteiger partial charge < -0.3 is 10.1 Å². The van der Waals surface area contributed by atoms with Gasteiger partial charge >= 0.3 is 0 Å². The largest absolute Gasteiger partial charge is 0.497 e. The van der Waals surface area contributed by atoms with Crippen molar-refractivity contribution in [3.8, 4) is 5.75 Å². The number of carbonyl (C=O) groups is 1. The molecule has 1 heterocycles. The molecule has 0 aliphatic carbocycles. The molecule has 1 amide bonds. The fraction of sp³-hybridized carbons (Fsp3) is 0.176. The molecule has 0 radical (unpaired) electrons. The van der Waals surface area contributed by atoms with Crippen LogP contribution in [-0.4, -0.2) is 33.2 Å². The van der Waals surface area contributed by atoms with Gasteiger partial charge in [0.2, 0.25) is 5.91 Å². The molecule has 0 bridgehead atoms. The van der Waals surface area contributed by atoms with Crippen molar-refractivity contribution in [1.29, 1.82) is 0 Å². The van der Waals surface area contributed by atoms with Gasteiger partial charge in [-0.3, -0.25) is 4.79 Å². The average molecular weight is 323 g/mol. The van der Waals surface area contributed by atoms with E-state index in [2.05, 4.69) is 20.8 Å². The molecule has 0 aliphatic heterocycles. The zero-order chi connectivity index (χ0) is 16.8. The molecular weight excluding hydrogens is 306 g/mol. The molecule has 7 heteroatoms. The van der Waals surface area contributed by atoms with Crippen molar-refractivity contribution in [3.05, 3.63) is 72.1 Å². The number of methoxy groups -OCH3 is 1. The maximum absolute atomic E-state index is 12.3. The molecule has 1 atom stereocenters. The summed E-state index contributed by atoms with van der Waals surface area (Å²) in [5.41, 5.74) is 1.96. The van der Waals surface area contributed by atoms with Crippen LogP contribution in [-0.2, 0) is 11.3 Å². The summed E-state index contributed by atoms with van der Waals surface area (Å²) in [4.78, 5) is 12.3. The van der Waals surface area contributed by atoms with E-state index in [1.165, 1.54) is 11.0 Å². The Labute approximate surface area is 139 Å². The molecule has 0 spiro atoms. The predicted octanol–water partition coefficient (Wildman–Crippen LogP) is 1.59. The van der Waals surface area contributed by atoms with Crippen molar-refractivity contribution >= 4 is 5.91 Å². The third-order valence-electron chi connectivity index (χ3n) is 3.58. The van der Waals surface area contributed by atoms with Crippen molar-refractivity contribution in [2.45, 2.75) is 12.6 Å². The lowest BCUT2D eigenvalue weighted by Crippen LogP contribution is -2.32. The summed E-state index contributed by atoms with van der Waals surface area (Å²) in [6.07, 6.45) is 1.41. The second-order valence-corrected chi connectivity index (χ2v) is 5.19. The number of hydrogen-bond donors (Lipinski definition) is 1. The Balaban J connectivity index is 1.83. The van der Waals surface area contributed by atoms with Crippen LogP contribution in [0.2, 0.25) is 0 Å². The van der Waals surface area contributed by atoms with E-state index in [4.69, 9.17) is 4.74 Å². The molecule has 1 unspecified atom stereocenters. The Morgan fingerprint density at radius 3 is 2.46 bits per heavy atom. The van der Waals surface area contributed by atoms with Crippen LogP contribution >= 0.6 is 0 Å². The van der Waals surface area contributed by atoms with Crippen LogP contribution in [0.25, 0.3) is 0 Å². The summed E-state index contributed by atoms with van der Waals surface area (Å²) in [5.74, 6) is 0.595. The lowest BCUT2D eigenvalue weighted by Gasteiger charge is -2.20. The van der Waals surface area contributed by atoms with Gasteiger partial charge in [0.1, 0.15) is 18.6 Å². The van der Waals surface area contributed by atoms with Crippen molar-refractivity contribution in [3.63, 3.8) is 0 Å². The van der Waals surface area contributed by atoms with Gasteiger partial charge in [-0.25, -0.2) is 4.68 Å². The molecule has 24 heavy (non-hydrogen) atoms. The monoisotopic (exact) mass is 323 g/mol. The molecule has 7 nitrogen and oxygen atoms in total. The van der Waals surface area contributed by atoms with Gasteiger partial charge in [0, 0.05) is 0 Å². The van der Waals surface area contributed by atoms with Gasteiger partial charge in [0.25, 0.3) is 0 Å². The van der Waals surface area contributed by atoms with Crippen LogP contribution < -0.4 is 10.1 Å². The number of rotatable bonds is 6. The fourth-order valence-corrected chi connectivity index (χ4v) is 2.41. The van der Waals surface area contributed by atoms with Crippen LogP contribution in [0, 0.1) is 0 Å². The summed E-state index contributed by atoms with van der Waals surface area (Å²) in [6, 6.07) is 17.1. The number of aromatic nitrogens is 4. The number of carbonyl (C=O) groups excluding carboxylic acids is 1.